The number of alkyl halides is 3. The standard InChI is InChI=1S/C25H30F3NO/c26-25(27,28)21-11-2-1-9-20(21)10-3-5-13-23(22-12-4-8-17-29-22)16-18-30-24(19-23)14-6-7-15-24/h1-2,4,8-9,11-12,17H,3,5-7,10,13-16,18-19H2/t23-/m1/s1. The molecule has 1 saturated heterocycles. The van der Waals surface area contributed by atoms with Gasteiger partial charge in [0.25, 0.3) is 0 Å². The fourth-order valence-corrected chi connectivity index (χ4v) is 5.59. The van der Waals surface area contributed by atoms with E-state index in [1.165, 1.54) is 25.0 Å². The van der Waals surface area contributed by atoms with Crippen LogP contribution in [-0.2, 0) is 22.7 Å². The zero-order chi connectivity index (χ0) is 21.1. The number of rotatable bonds is 6. The summed E-state index contributed by atoms with van der Waals surface area (Å²) in [6, 6.07) is 12.1. The van der Waals surface area contributed by atoms with E-state index in [2.05, 4.69) is 6.07 Å². The zero-order valence-corrected chi connectivity index (χ0v) is 17.4. The van der Waals surface area contributed by atoms with E-state index in [-0.39, 0.29) is 11.0 Å². The van der Waals surface area contributed by atoms with Gasteiger partial charge in [-0.05, 0) is 68.7 Å². The van der Waals surface area contributed by atoms with Gasteiger partial charge in [-0.15, -0.1) is 0 Å². The Morgan fingerprint density at radius 1 is 0.933 bits per heavy atom. The van der Waals surface area contributed by atoms with Gasteiger partial charge in [-0.3, -0.25) is 4.98 Å². The minimum atomic E-state index is -4.29. The maximum Gasteiger partial charge on any atom is 0.416 e. The van der Waals surface area contributed by atoms with E-state index in [4.69, 9.17) is 9.72 Å². The summed E-state index contributed by atoms with van der Waals surface area (Å²) in [5, 5.41) is 0. The Hall–Kier alpha value is -1.88. The molecule has 2 fully saturated rings. The molecule has 2 heterocycles. The Kier molecular flexibility index (Phi) is 6.19. The quantitative estimate of drug-likeness (QED) is 0.478. The Labute approximate surface area is 176 Å². The molecule has 30 heavy (non-hydrogen) atoms. The van der Waals surface area contributed by atoms with Gasteiger partial charge in [0.2, 0.25) is 0 Å². The van der Waals surface area contributed by atoms with Crippen LogP contribution in [0, 0.1) is 0 Å². The summed E-state index contributed by atoms with van der Waals surface area (Å²) in [6.07, 6.45) is 7.17. The molecule has 1 saturated carbocycles. The summed E-state index contributed by atoms with van der Waals surface area (Å²) in [7, 11) is 0. The van der Waals surface area contributed by atoms with E-state index in [1.54, 1.807) is 12.1 Å². The fraction of sp³-hybridized carbons (Fsp3) is 0.560. The number of ether oxygens (including phenoxy) is 1. The molecule has 1 atom stereocenters. The Bertz CT molecular complexity index is 830. The molecule has 5 heteroatoms. The van der Waals surface area contributed by atoms with Gasteiger partial charge in [-0.1, -0.05) is 43.5 Å². The van der Waals surface area contributed by atoms with Crippen LogP contribution in [0.5, 0.6) is 0 Å². The number of benzene rings is 1. The predicted octanol–water partition coefficient (Wildman–Crippen LogP) is 6.87. The lowest BCUT2D eigenvalue weighted by Gasteiger charge is -2.46. The summed E-state index contributed by atoms with van der Waals surface area (Å²) >= 11 is 0. The Balaban J connectivity index is 1.47. The number of nitrogens with zero attached hydrogens (tertiary/aromatic N) is 1. The zero-order valence-electron chi connectivity index (χ0n) is 17.4. The molecule has 2 nitrogen and oxygen atoms in total. The van der Waals surface area contributed by atoms with Crippen molar-refractivity contribution in [2.24, 2.45) is 0 Å². The fourth-order valence-electron chi connectivity index (χ4n) is 5.59. The van der Waals surface area contributed by atoms with Crippen LogP contribution in [0.3, 0.4) is 0 Å². The van der Waals surface area contributed by atoms with Crippen molar-refractivity contribution in [1.82, 2.24) is 4.98 Å². The first-order valence-electron chi connectivity index (χ1n) is 11.1. The molecule has 1 aliphatic heterocycles. The van der Waals surface area contributed by atoms with Crippen molar-refractivity contribution in [1.29, 1.82) is 0 Å². The number of halogens is 3. The number of pyridine rings is 1. The lowest BCUT2D eigenvalue weighted by Crippen LogP contribution is -2.46. The van der Waals surface area contributed by atoms with E-state index in [0.717, 1.165) is 57.2 Å². The molecule has 0 N–H and O–H groups in total. The molecule has 2 aromatic rings. The average molecular weight is 418 g/mol. The first-order valence-corrected chi connectivity index (χ1v) is 11.1. The van der Waals surface area contributed by atoms with Gasteiger partial charge in [0.05, 0.1) is 11.2 Å². The number of aryl methyl sites for hydroxylation is 1. The molecule has 0 unspecified atom stereocenters. The second-order valence-corrected chi connectivity index (χ2v) is 9.02. The molecule has 2 aliphatic rings. The highest BCUT2D eigenvalue weighted by molar-refractivity contribution is 5.29. The van der Waals surface area contributed by atoms with Crippen molar-refractivity contribution >= 4 is 0 Å². The van der Waals surface area contributed by atoms with Crippen LogP contribution < -0.4 is 0 Å². The largest absolute Gasteiger partial charge is 0.416 e. The Morgan fingerprint density at radius 2 is 1.70 bits per heavy atom. The molecule has 1 aliphatic carbocycles. The molecule has 1 aromatic carbocycles. The van der Waals surface area contributed by atoms with E-state index in [9.17, 15) is 13.2 Å². The molecule has 0 amide bonds. The molecular weight excluding hydrogens is 387 g/mol. The third-order valence-corrected chi connectivity index (χ3v) is 7.05. The smallest absolute Gasteiger partial charge is 0.375 e. The SMILES string of the molecule is FC(F)(F)c1ccccc1CCCC[C@@]1(c2ccccn2)CCOC2(CCCC2)C1. The van der Waals surface area contributed by atoms with Gasteiger partial charge < -0.3 is 4.74 Å². The second kappa shape index (κ2) is 8.70. The van der Waals surface area contributed by atoms with Crippen LogP contribution in [-0.4, -0.2) is 17.2 Å². The van der Waals surface area contributed by atoms with Crippen LogP contribution in [0.15, 0.2) is 48.7 Å². The normalized spacial score (nSPS) is 23.7. The molecule has 0 radical (unpaired) electrons. The highest BCUT2D eigenvalue weighted by atomic mass is 19.4. The third-order valence-electron chi connectivity index (χ3n) is 7.05. The summed E-state index contributed by atoms with van der Waals surface area (Å²) in [6.45, 7) is 0.744. The van der Waals surface area contributed by atoms with Crippen molar-refractivity contribution in [2.45, 2.75) is 81.4 Å². The second-order valence-electron chi connectivity index (χ2n) is 9.02. The molecule has 162 valence electrons. The monoisotopic (exact) mass is 417 g/mol. The van der Waals surface area contributed by atoms with Gasteiger partial charge in [0.15, 0.2) is 0 Å². The lowest BCUT2D eigenvalue weighted by atomic mass is 9.67. The van der Waals surface area contributed by atoms with E-state index >= 15 is 0 Å². The van der Waals surface area contributed by atoms with Crippen molar-refractivity contribution < 1.29 is 17.9 Å². The minimum absolute atomic E-state index is 0.0291. The van der Waals surface area contributed by atoms with Crippen LogP contribution in [0.1, 0.15) is 74.6 Å². The lowest BCUT2D eigenvalue weighted by molar-refractivity contribution is -0.138. The van der Waals surface area contributed by atoms with E-state index in [1.807, 2.05) is 18.3 Å². The number of aromatic nitrogens is 1. The van der Waals surface area contributed by atoms with E-state index in [0.29, 0.717) is 12.0 Å². The van der Waals surface area contributed by atoms with Gasteiger partial charge >= 0.3 is 6.18 Å². The highest BCUT2D eigenvalue weighted by Crippen LogP contribution is 2.50. The third kappa shape index (κ3) is 4.56. The van der Waals surface area contributed by atoms with Crippen molar-refractivity contribution in [3.63, 3.8) is 0 Å². The minimum Gasteiger partial charge on any atom is -0.375 e. The van der Waals surface area contributed by atoms with Crippen LogP contribution in [0.2, 0.25) is 0 Å². The van der Waals surface area contributed by atoms with Crippen molar-refractivity contribution in [2.75, 3.05) is 6.61 Å². The Morgan fingerprint density at radius 3 is 2.43 bits per heavy atom. The van der Waals surface area contributed by atoms with Crippen LogP contribution in [0.25, 0.3) is 0 Å². The maximum atomic E-state index is 13.3. The van der Waals surface area contributed by atoms with Crippen molar-refractivity contribution in [3.8, 4) is 0 Å². The maximum absolute atomic E-state index is 13.3. The van der Waals surface area contributed by atoms with Gasteiger partial charge in [0.1, 0.15) is 0 Å². The first-order chi connectivity index (χ1) is 14.4. The predicted molar refractivity (Wildman–Crippen MR) is 111 cm³/mol. The van der Waals surface area contributed by atoms with Gasteiger partial charge in [0, 0.05) is 23.9 Å². The molecule has 1 aromatic heterocycles. The van der Waals surface area contributed by atoms with Gasteiger partial charge in [-0.2, -0.15) is 13.2 Å². The summed E-state index contributed by atoms with van der Waals surface area (Å²) in [5.41, 5.74) is 0.957. The van der Waals surface area contributed by atoms with Crippen molar-refractivity contribution in [3.05, 3.63) is 65.5 Å². The molecule has 4 rings (SSSR count). The van der Waals surface area contributed by atoms with E-state index < -0.39 is 11.7 Å². The molecular formula is C25H30F3NO. The average Bonchev–Trinajstić information content (AvgIpc) is 3.19. The topological polar surface area (TPSA) is 22.1 Å². The summed E-state index contributed by atoms with van der Waals surface area (Å²) < 4.78 is 46.1. The van der Waals surface area contributed by atoms with Gasteiger partial charge in [-0.25, -0.2) is 0 Å². The molecule has 0 bridgehead atoms. The number of unbranched alkanes of at least 4 members (excludes halogenated alkanes) is 1. The first kappa shape index (κ1) is 21.4. The summed E-state index contributed by atoms with van der Waals surface area (Å²) in [4.78, 5) is 4.71. The molecule has 1 spiro atoms. The number of hydrogen-bond donors (Lipinski definition) is 0. The summed E-state index contributed by atoms with van der Waals surface area (Å²) in [5.74, 6) is 0. The van der Waals surface area contributed by atoms with Crippen LogP contribution >= 0.6 is 0 Å². The van der Waals surface area contributed by atoms with Crippen LogP contribution in [0.4, 0.5) is 13.2 Å². The number of hydrogen-bond acceptors (Lipinski definition) is 2. The highest BCUT2D eigenvalue weighted by Gasteiger charge is 2.48.